The molecule has 94 valence electrons. The Bertz CT molecular complexity index is 224. The number of hydrogen-bond acceptors (Lipinski definition) is 2. The largest absolute Gasteiger partial charge is 0.353 e. The van der Waals surface area contributed by atoms with Crippen LogP contribution in [0.25, 0.3) is 0 Å². The second-order valence-electron chi connectivity index (χ2n) is 5.09. The zero-order valence-electron chi connectivity index (χ0n) is 10.7. The SMILES string of the molecule is CCCCC(CCC)NC(=O)C1(CN)CC1. The maximum atomic E-state index is 12.0. The minimum Gasteiger partial charge on any atom is -0.353 e. The van der Waals surface area contributed by atoms with Gasteiger partial charge in [-0.15, -0.1) is 0 Å². The summed E-state index contributed by atoms with van der Waals surface area (Å²) >= 11 is 0. The first-order valence-electron chi connectivity index (χ1n) is 6.69. The maximum Gasteiger partial charge on any atom is 0.227 e. The Balaban J connectivity index is 2.38. The van der Waals surface area contributed by atoms with Gasteiger partial charge in [0.1, 0.15) is 0 Å². The van der Waals surface area contributed by atoms with Crippen LogP contribution in [0.5, 0.6) is 0 Å². The van der Waals surface area contributed by atoms with Crippen molar-refractivity contribution in [3.05, 3.63) is 0 Å². The Labute approximate surface area is 99.2 Å². The molecule has 0 radical (unpaired) electrons. The normalized spacial score (nSPS) is 19.2. The van der Waals surface area contributed by atoms with E-state index in [1.165, 1.54) is 12.8 Å². The van der Waals surface area contributed by atoms with Crippen LogP contribution in [0.1, 0.15) is 58.8 Å². The summed E-state index contributed by atoms with van der Waals surface area (Å²) in [5, 5.41) is 3.19. The summed E-state index contributed by atoms with van der Waals surface area (Å²) in [6.45, 7) is 4.86. The molecule has 0 aromatic rings. The number of hydrogen-bond donors (Lipinski definition) is 2. The zero-order valence-corrected chi connectivity index (χ0v) is 10.7. The van der Waals surface area contributed by atoms with Gasteiger partial charge in [0.25, 0.3) is 0 Å². The van der Waals surface area contributed by atoms with Gasteiger partial charge in [0.15, 0.2) is 0 Å². The molecule has 1 unspecified atom stereocenters. The Morgan fingerprint density at radius 3 is 2.44 bits per heavy atom. The van der Waals surface area contributed by atoms with Crippen LogP contribution in [0.3, 0.4) is 0 Å². The van der Waals surface area contributed by atoms with Crippen molar-refractivity contribution < 1.29 is 4.79 Å². The minimum absolute atomic E-state index is 0.196. The lowest BCUT2D eigenvalue weighted by Crippen LogP contribution is -2.42. The number of carbonyl (C=O) groups excluding carboxylic acids is 1. The predicted molar refractivity (Wildman–Crippen MR) is 67.1 cm³/mol. The van der Waals surface area contributed by atoms with E-state index in [4.69, 9.17) is 5.73 Å². The number of nitrogens with two attached hydrogens (primary N) is 1. The summed E-state index contributed by atoms with van der Waals surface area (Å²) in [7, 11) is 0. The number of unbranched alkanes of at least 4 members (excludes halogenated alkanes) is 1. The van der Waals surface area contributed by atoms with E-state index in [2.05, 4.69) is 19.2 Å². The highest BCUT2D eigenvalue weighted by atomic mass is 16.2. The number of nitrogens with one attached hydrogen (secondary N) is 1. The van der Waals surface area contributed by atoms with Gasteiger partial charge in [-0.05, 0) is 25.7 Å². The monoisotopic (exact) mass is 226 g/mol. The highest BCUT2D eigenvalue weighted by Gasteiger charge is 2.48. The summed E-state index contributed by atoms with van der Waals surface area (Å²) in [5.41, 5.74) is 5.46. The van der Waals surface area contributed by atoms with Crippen LogP contribution in [0.15, 0.2) is 0 Å². The molecule has 0 bridgehead atoms. The summed E-state index contributed by atoms with van der Waals surface area (Å²) in [6.07, 6.45) is 7.66. The Hall–Kier alpha value is -0.570. The van der Waals surface area contributed by atoms with Crippen molar-refractivity contribution in [2.45, 2.75) is 64.8 Å². The van der Waals surface area contributed by atoms with Crippen molar-refractivity contribution in [3.8, 4) is 0 Å². The molecule has 0 aliphatic heterocycles. The zero-order chi connectivity index (χ0) is 12.0. The second kappa shape index (κ2) is 6.24. The first-order valence-corrected chi connectivity index (χ1v) is 6.69. The number of rotatable bonds is 8. The fourth-order valence-electron chi connectivity index (χ4n) is 2.10. The molecule has 1 atom stereocenters. The molecule has 1 amide bonds. The molecule has 0 saturated heterocycles. The molecule has 0 aromatic carbocycles. The summed E-state index contributed by atoms with van der Waals surface area (Å²) in [6, 6.07) is 0.362. The van der Waals surface area contributed by atoms with Crippen LogP contribution >= 0.6 is 0 Å². The van der Waals surface area contributed by atoms with Crippen LogP contribution in [-0.2, 0) is 4.79 Å². The van der Waals surface area contributed by atoms with E-state index in [1.54, 1.807) is 0 Å². The molecule has 1 rings (SSSR count). The summed E-state index contributed by atoms with van der Waals surface area (Å²) in [5.74, 6) is 0.199. The topological polar surface area (TPSA) is 55.1 Å². The molecule has 0 spiro atoms. The molecule has 0 heterocycles. The molecule has 1 fully saturated rings. The molecule has 3 nitrogen and oxygen atoms in total. The van der Waals surface area contributed by atoms with Crippen LogP contribution in [0, 0.1) is 5.41 Å². The van der Waals surface area contributed by atoms with E-state index >= 15 is 0 Å². The second-order valence-corrected chi connectivity index (χ2v) is 5.09. The fourth-order valence-corrected chi connectivity index (χ4v) is 2.10. The standard InChI is InChI=1S/C13H26N2O/c1-3-5-7-11(6-4-2)15-12(16)13(10-14)8-9-13/h11H,3-10,14H2,1-2H3,(H,15,16). The van der Waals surface area contributed by atoms with E-state index in [0.717, 1.165) is 32.1 Å². The van der Waals surface area contributed by atoms with Gasteiger partial charge in [-0.25, -0.2) is 0 Å². The van der Waals surface area contributed by atoms with E-state index in [-0.39, 0.29) is 11.3 Å². The Morgan fingerprint density at radius 2 is 2.00 bits per heavy atom. The molecule has 3 N–H and O–H groups in total. The Morgan fingerprint density at radius 1 is 1.31 bits per heavy atom. The lowest BCUT2D eigenvalue weighted by atomic mass is 10.0. The van der Waals surface area contributed by atoms with Crippen LogP contribution in [-0.4, -0.2) is 18.5 Å². The van der Waals surface area contributed by atoms with Gasteiger partial charge in [0.05, 0.1) is 5.41 Å². The van der Waals surface area contributed by atoms with Crippen molar-refractivity contribution in [2.24, 2.45) is 11.1 Å². The molecule has 1 saturated carbocycles. The lowest BCUT2D eigenvalue weighted by Gasteiger charge is -2.21. The Kier molecular flexibility index (Phi) is 5.26. The molecule has 1 aliphatic rings. The van der Waals surface area contributed by atoms with Crippen molar-refractivity contribution in [3.63, 3.8) is 0 Å². The number of carbonyl (C=O) groups is 1. The van der Waals surface area contributed by atoms with E-state index in [0.29, 0.717) is 12.6 Å². The summed E-state index contributed by atoms with van der Waals surface area (Å²) < 4.78 is 0. The van der Waals surface area contributed by atoms with Gasteiger partial charge in [-0.1, -0.05) is 33.1 Å². The third-order valence-electron chi connectivity index (χ3n) is 3.60. The third-order valence-corrected chi connectivity index (χ3v) is 3.60. The first kappa shape index (κ1) is 13.5. The van der Waals surface area contributed by atoms with Crippen LogP contribution < -0.4 is 11.1 Å². The van der Waals surface area contributed by atoms with Gasteiger partial charge in [-0.3, -0.25) is 4.79 Å². The molecule has 3 heteroatoms. The van der Waals surface area contributed by atoms with Crippen LogP contribution in [0.2, 0.25) is 0 Å². The smallest absolute Gasteiger partial charge is 0.227 e. The maximum absolute atomic E-state index is 12.0. The van der Waals surface area contributed by atoms with Gasteiger partial charge < -0.3 is 11.1 Å². The van der Waals surface area contributed by atoms with Gasteiger partial charge in [-0.2, -0.15) is 0 Å². The number of amides is 1. The average molecular weight is 226 g/mol. The highest BCUT2D eigenvalue weighted by molar-refractivity contribution is 5.85. The molecule has 0 aromatic heterocycles. The van der Waals surface area contributed by atoms with Gasteiger partial charge in [0.2, 0.25) is 5.91 Å². The predicted octanol–water partition coefficient (Wildman–Crippen LogP) is 2.20. The van der Waals surface area contributed by atoms with Gasteiger partial charge >= 0.3 is 0 Å². The molecule has 1 aliphatic carbocycles. The lowest BCUT2D eigenvalue weighted by molar-refractivity contribution is -0.126. The van der Waals surface area contributed by atoms with Crippen molar-refractivity contribution >= 4 is 5.91 Å². The molecule has 16 heavy (non-hydrogen) atoms. The van der Waals surface area contributed by atoms with Gasteiger partial charge in [0, 0.05) is 12.6 Å². The van der Waals surface area contributed by atoms with E-state index < -0.39 is 0 Å². The van der Waals surface area contributed by atoms with Crippen LogP contribution in [0.4, 0.5) is 0 Å². The highest BCUT2D eigenvalue weighted by Crippen LogP contribution is 2.44. The quantitative estimate of drug-likeness (QED) is 0.666. The first-order chi connectivity index (χ1) is 7.68. The average Bonchev–Trinajstić information content (AvgIpc) is 3.07. The van der Waals surface area contributed by atoms with E-state index in [1.807, 2.05) is 0 Å². The molecular formula is C13H26N2O. The van der Waals surface area contributed by atoms with Crippen molar-refractivity contribution in [2.75, 3.05) is 6.54 Å². The fraction of sp³-hybridized carbons (Fsp3) is 0.923. The summed E-state index contributed by atoms with van der Waals surface area (Å²) in [4.78, 5) is 12.0. The van der Waals surface area contributed by atoms with Crippen molar-refractivity contribution in [1.29, 1.82) is 0 Å². The van der Waals surface area contributed by atoms with Crippen molar-refractivity contribution in [1.82, 2.24) is 5.32 Å². The molecular weight excluding hydrogens is 200 g/mol. The van der Waals surface area contributed by atoms with E-state index in [9.17, 15) is 4.79 Å². The third kappa shape index (κ3) is 3.48. The minimum atomic E-state index is -0.196.